The minimum Gasteiger partial charge on any atom is -0.466 e. The van der Waals surface area contributed by atoms with E-state index in [-0.39, 0.29) is 24.8 Å². The molecule has 8 heteroatoms. The van der Waals surface area contributed by atoms with Gasteiger partial charge in [-0.3, -0.25) is 9.59 Å². The van der Waals surface area contributed by atoms with Crippen LogP contribution in [0.1, 0.15) is 175 Å². The average molecular weight is 734 g/mol. The molecule has 0 fully saturated rings. The van der Waals surface area contributed by atoms with E-state index in [1.54, 1.807) is 0 Å². The molecule has 0 aromatic heterocycles. The molecule has 0 aliphatic heterocycles. The molecule has 0 radical (unpaired) electrons. The van der Waals surface area contributed by atoms with Crippen molar-refractivity contribution in [2.45, 2.75) is 181 Å². The Kier molecular flexibility index (Phi) is 39.8. The number of aliphatic hydroxyl groups excluding tert-OH is 1. The van der Waals surface area contributed by atoms with Gasteiger partial charge in [0, 0.05) is 45.4 Å². The highest BCUT2D eigenvalue weighted by Crippen LogP contribution is 2.12. The molecule has 0 amide bonds. The maximum atomic E-state index is 12.4. The molecule has 52 heavy (non-hydrogen) atoms. The zero-order chi connectivity index (χ0) is 38.0. The van der Waals surface area contributed by atoms with Crippen LogP contribution in [0.3, 0.4) is 0 Å². The highest BCUT2D eigenvalue weighted by molar-refractivity contribution is 5.69. The average Bonchev–Trinajstić information content (AvgIpc) is 3.14. The second-order valence-corrected chi connectivity index (χ2v) is 13.6. The van der Waals surface area contributed by atoms with E-state index in [1.807, 2.05) is 0 Å². The van der Waals surface area contributed by atoms with Gasteiger partial charge in [-0.05, 0) is 96.6 Å². The van der Waals surface area contributed by atoms with Crippen molar-refractivity contribution in [3.63, 3.8) is 0 Å². The van der Waals surface area contributed by atoms with E-state index in [4.69, 9.17) is 18.9 Å². The molecule has 0 atom stereocenters. The molecule has 0 spiro atoms. The molecule has 0 rings (SSSR count). The second-order valence-electron chi connectivity index (χ2n) is 13.6. The molecule has 0 aliphatic carbocycles. The van der Waals surface area contributed by atoms with Crippen molar-refractivity contribution in [1.82, 2.24) is 4.90 Å². The van der Waals surface area contributed by atoms with Crippen molar-refractivity contribution in [1.29, 1.82) is 0 Å². The Balaban J connectivity index is 4.03. The van der Waals surface area contributed by atoms with Crippen molar-refractivity contribution in [2.75, 3.05) is 52.7 Å². The maximum absolute atomic E-state index is 12.4. The number of rotatable bonds is 38. The number of unbranched alkanes of at least 4 members (excludes halogenated alkanes) is 13. The van der Waals surface area contributed by atoms with E-state index in [9.17, 15) is 14.7 Å². The summed E-state index contributed by atoms with van der Waals surface area (Å²) in [6, 6.07) is 0. The van der Waals surface area contributed by atoms with Crippen LogP contribution < -0.4 is 0 Å². The predicted molar refractivity (Wildman–Crippen MR) is 215 cm³/mol. The Morgan fingerprint density at radius 1 is 0.577 bits per heavy atom. The number of esters is 2. The van der Waals surface area contributed by atoms with E-state index < -0.39 is 0 Å². The molecule has 302 valence electrons. The van der Waals surface area contributed by atoms with Gasteiger partial charge in [-0.1, -0.05) is 89.5 Å². The molecule has 0 unspecified atom stereocenters. The van der Waals surface area contributed by atoms with Crippen LogP contribution >= 0.6 is 0 Å². The number of nitrogens with zero attached hydrogens (tertiary/aromatic N) is 1. The van der Waals surface area contributed by atoms with Crippen LogP contribution in [0.4, 0.5) is 0 Å². The minimum atomic E-state index is -0.363. The number of hydrogen-bond acceptors (Lipinski definition) is 8. The Labute approximate surface area is 319 Å². The van der Waals surface area contributed by atoms with Gasteiger partial charge >= 0.3 is 11.9 Å². The SMILES string of the molecule is CC/C=C\CCCCOC(CCC(=O)OCCCCCCN(CCO)CCCCCCCC(=O)OCCC#CCCCC)OCCCC/C=C\CC. The van der Waals surface area contributed by atoms with E-state index in [0.29, 0.717) is 58.7 Å². The number of aliphatic hydroxyl groups is 1. The van der Waals surface area contributed by atoms with Gasteiger partial charge in [0.2, 0.25) is 0 Å². The second kappa shape index (κ2) is 41.6. The van der Waals surface area contributed by atoms with E-state index in [0.717, 1.165) is 142 Å². The molecule has 0 aromatic carbocycles. The van der Waals surface area contributed by atoms with Gasteiger partial charge in [0.25, 0.3) is 0 Å². The summed E-state index contributed by atoms with van der Waals surface area (Å²) in [5.41, 5.74) is 0. The van der Waals surface area contributed by atoms with Crippen LogP contribution in [-0.2, 0) is 28.5 Å². The van der Waals surface area contributed by atoms with Crippen LogP contribution in [0.15, 0.2) is 24.3 Å². The fraction of sp³-hybridized carbons (Fsp3) is 0.818. The normalized spacial score (nSPS) is 11.6. The van der Waals surface area contributed by atoms with Gasteiger partial charge in [0.05, 0.1) is 19.6 Å². The lowest BCUT2D eigenvalue weighted by molar-refractivity contribution is -0.159. The van der Waals surface area contributed by atoms with Crippen molar-refractivity contribution < 1.29 is 33.6 Å². The summed E-state index contributed by atoms with van der Waals surface area (Å²) in [4.78, 5) is 26.7. The monoisotopic (exact) mass is 734 g/mol. The number of carbonyl (C=O) groups excluding carboxylic acids is 2. The van der Waals surface area contributed by atoms with Crippen LogP contribution in [-0.4, -0.2) is 80.9 Å². The first-order chi connectivity index (χ1) is 25.6. The summed E-state index contributed by atoms with van der Waals surface area (Å²) in [6.45, 7) is 11.4. The first kappa shape index (κ1) is 49.8. The van der Waals surface area contributed by atoms with E-state index >= 15 is 0 Å². The van der Waals surface area contributed by atoms with E-state index in [1.165, 1.54) is 0 Å². The van der Waals surface area contributed by atoms with Crippen molar-refractivity contribution >= 4 is 11.9 Å². The lowest BCUT2D eigenvalue weighted by Crippen LogP contribution is -2.29. The molecule has 0 saturated carbocycles. The summed E-state index contributed by atoms with van der Waals surface area (Å²) in [5.74, 6) is 5.89. The van der Waals surface area contributed by atoms with Gasteiger partial charge in [-0.15, -0.1) is 5.92 Å². The first-order valence-corrected chi connectivity index (χ1v) is 21.2. The molecule has 0 heterocycles. The zero-order valence-corrected chi connectivity index (χ0v) is 33.9. The third-order valence-electron chi connectivity index (χ3n) is 8.70. The quantitative estimate of drug-likeness (QED) is 0.0220. The Morgan fingerprint density at radius 2 is 1.12 bits per heavy atom. The standard InChI is InChI=1S/C44H79NO7/c1-4-7-10-13-20-27-38-49-42(47)31-24-17-16-18-25-34-45(36-37-46)35-26-19-23-28-39-50-43(48)32-33-44(51-40-29-21-14-11-8-5-2)52-41-30-22-15-12-9-6-3/h8-9,11-12,44,46H,4-7,10,14-19,21-41H2,1-3H3/b11-8-,12-9-. The van der Waals surface area contributed by atoms with Crippen molar-refractivity contribution in [3.8, 4) is 11.8 Å². The lowest BCUT2D eigenvalue weighted by Gasteiger charge is -2.21. The van der Waals surface area contributed by atoms with Gasteiger partial charge in [-0.25, -0.2) is 0 Å². The molecule has 0 aliphatic rings. The van der Waals surface area contributed by atoms with Crippen molar-refractivity contribution in [2.24, 2.45) is 0 Å². The highest BCUT2D eigenvalue weighted by Gasteiger charge is 2.13. The number of ether oxygens (including phenoxy) is 4. The smallest absolute Gasteiger partial charge is 0.305 e. The molecular weight excluding hydrogens is 654 g/mol. The topological polar surface area (TPSA) is 94.5 Å². The number of hydrogen-bond donors (Lipinski definition) is 1. The predicted octanol–water partition coefficient (Wildman–Crippen LogP) is 10.3. The summed E-state index contributed by atoms with van der Waals surface area (Å²) in [5, 5.41) is 9.51. The number of allylic oxidation sites excluding steroid dienone is 4. The molecular formula is C44H79NO7. The Bertz CT molecular complexity index is 886. The minimum absolute atomic E-state index is 0.114. The molecule has 8 nitrogen and oxygen atoms in total. The maximum Gasteiger partial charge on any atom is 0.305 e. The Hall–Kier alpha value is -2.18. The third-order valence-corrected chi connectivity index (χ3v) is 8.70. The number of carbonyl (C=O) groups is 2. The fourth-order valence-electron chi connectivity index (χ4n) is 5.57. The molecule has 0 saturated heterocycles. The summed E-state index contributed by atoms with van der Waals surface area (Å²) in [6.07, 6.45) is 31.3. The lowest BCUT2D eigenvalue weighted by atomic mass is 10.1. The highest BCUT2D eigenvalue weighted by atomic mass is 16.7. The Morgan fingerprint density at radius 3 is 1.73 bits per heavy atom. The van der Waals surface area contributed by atoms with Crippen LogP contribution in [0.5, 0.6) is 0 Å². The van der Waals surface area contributed by atoms with Crippen LogP contribution in [0.2, 0.25) is 0 Å². The summed E-state index contributed by atoms with van der Waals surface area (Å²) >= 11 is 0. The van der Waals surface area contributed by atoms with Gasteiger partial charge in [-0.2, -0.15) is 0 Å². The van der Waals surface area contributed by atoms with Crippen LogP contribution in [0, 0.1) is 11.8 Å². The molecule has 1 N–H and O–H groups in total. The van der Waals surface area contributed by atoms with Gasteiger partial charge in [0.15, 0.2) is 6.29 Å². The van der Waals surface area contributed by atoms with E-state index in [2.05, 4.69) is 61.8 Å². The van der Waals surface area contributed by atoms with Crippen molar-refractivity contribution in [3.05, 3.63) is 24.3 Å². The van der Waals surface area contributed by atoms with Gasteiger partial charge < -0.3 is 29.0 Å². The summed E-state index contributed by atoms with van der Waals surface area (Å²) < 4.78 is 22.8. The summed E-state index contributed by atoms with van der Waals surface area (Å²) in [7, 11) is 0. The fourth-order valence-corrected chi connectivity index (χ4v) is 5.57. The zero-order valence-electron chi connectivity index (χ0n) is 33.9. The largest absolute Gasteiger partial charge is 0.466 e. The molecule has 0 aromatic rings. The van der Waals surface area contributed by atoms with Gasteiger partial charge in [0.1, 0.15) is 6.61 Å². The third kappa shape index (κ3) is 37.6. The van der Waals surface area contributed by atoms with Crippen LogP contribution in [0.25, 0.3) is 0 Å². The molecule has 0 bridgehead atoms. The first-order valence-electron chi connectivity index (χ1n) is 21.2.